The fourth-order valence-electron chi connectivity index (χ4n) is 9.18. The van der Waals surface area contributed by atoms with E-state index in [2.05, 4.69) is 206 Å². The molecule has 1 aromatic heterocycles. The third kappa shape index (κ3) is 5.23. The quantitative estimate of drug-likeness (QED) is 0.164. The molecule has 0 amide bonds. The van der Waals surface area contributed by atoms with Gasteiger partial charge in [-0.1, -0.05) is 108 Å². The standard InChI is InChI=1S/C52H40BN3O/c1-33-17-23-38(24-18-33)55-46-29-35(3)21-27-43(46)53-44-28-22-36(4)30-47(44)56(39-25-19-34(2)20-26-39)49-32-40(31-48(55)51(49)53)54(37-11-6-5-7-12-37)45-15-10-14-42-41-13-8-9-16-50(41)57-52(42)45/h5-32H,1-4H3. The molecule has 11 rings (SSSR count). The maximum atomic E-state index is 6.77. The van der Waals surface area contributed by atoms with Crippen LogP contribution >= 0.6 is 0 Å². The van der Waals surface area contributed by atoms with Crippen LogP contribution in [-0.4, -0.2) is 6.71 Å². The molecule has 0 atom stereocenters. The summed E-state index contributed by atoms with van der Waals surface area (Å²) < 4.78 is 6.77. The molecule has 0 fully saturated rings. The third-order valence-corrected chi connectivity index (χ3v) is 11.8. The second-order valence-electron chi connectivity index (χ2n) is 15.7. The van der Waals surface area contributed by atoms with E-state index in [9.17, 15) is 0 Å². The van der Waals surface area contributed by atoms with E-state index in [-0.39, 0.29) is 6.71 Å². The Labute approximate surface area is 333 Å². The maximum Gasteiger partial charge on any atom is 0.252 e. The minimum Gasteiger partial charge on any atom is -0.454 e. The second-order valence-corrected chi connectivity index (χ2v) is 15.7. The van der Waals surface area contributed by atoms with Crippen molar-refractivity contribution in [1.29, 1.82) is 0 Å². The molecule has 0 saturated carbocycles. The van der Waals surface area contributed by atoms with Gasteiger partial charge in [0.2, 0.25) is 0 Å². The molecule has 0 spiro atoms. The van der Waals surface area contributed by atoms with E-state index in [4.69, 9.17) is 4.42 Å². The molecule has 0 bridgehead atoms. The number of hydrogen-bond acceptors (Lipinski definition) is 4. The minimum atomic E-state index is 0.0302. The van der Waals surface area contributed by atoms with Gasteiger partial charge in [0.25, 0.3) is 6.71 Å². The highest BCUT2D eigenvalue weighted by molar-refractivity contribution is 7.00. The van der Waals surface area contributed by atoms with Gasteiger partial charge >= 0.3 is 0 Å². The summed E-state index contributed by atoms with van der Waals surface area (Å²) in [5, 5.41) is 2.21. The van der Waals surface area contributed by atoms with Crippen molar-refractivity contribution in [2.24, 2.45) is 0 Å². The number of para-hydroxylation sites is 3. The molecule has 2 aliphatic heterocycles. The highest BCUT2D eigenvalue weighted by Crippen LogP contribution is 2.49. The van der Waals surface area contributed by atoms with Gasteiger partial charge in [0.05, 0.1) is 11.4 Å². The van der Waals surface area contributed by atoms with E-state index in [1.54, 1.807) is 0 Å². The van der Waals surface area contributed by atoms with Crippen molar-refractivity contribution in [3.8, 4) is 0 Å². The van der Waals surface area contributed by atoms with E-state index in [1.165, 1.54) is 50.0 Å². The summed E-state index contributed by atoms with van der Waals surface area (Å²) in [7, 11) is 0. The number of anilines is 9. The van der Waals surface area contributed by atoms with Crippen molar-refractivity contribution in [3.63, 3.8) is 0 Å². The van der Waals surface area contributed by atoms with Crippen LogP contribution in [0.4, 0.5) is 51.2 Å². The molecule has 0 radical (unpaired) electrons. The van der Waals surface area contributed by atoms with Gasteiger partial charge in [0.15, 0.2) is 5.58 Å². The molecule has 3 heterocycles. The van der Waals surface area contributed by atoms with Crippen LogP contribution in [0.25, 0.3) is 21.9 Å². The van der Waals surface area contributed by atoms with Crippen molar-refractivity contribution in [2.45, 2.75) is 27.7 Å². The first kappa shape index (κ1) is 33.4. The normalized spacial score (nSPS) is 12.8. The Morgan fingerprint density at radius 2 is 0.965 bits per heavy atom. The number of benzene rings is 8. The average molecular weight is 734 g/mol. The van der Waals surface area contributed by atoms with Crippen molar-refractivity contribution in [1.82, 2.24) is 0 Å². The van der Waals surface area contributed by atoms with Gasteiger partial charge in [-0.2, -0.15) is 0 Å². The monoisotopic (exact) mass is 733 g/mol. The summed E-state index contributed by atoms with van der Waals surface area (Å²) in [4.78, 5) is 7.38. The van der Waals surface area contributed by atoms with E-state index >= 15 is 0 Å². The van der Waals surface area contributed by atoms with Crippen LogP contribution in [0.2, 0.25) is 0 Å². The van der Waals surface area contributed by atoms with Crippen molar-refractivity contribution >= 4 is 96.2 Å². The van der Waals surface area contributed by atoms with Gasteiger partial charge in [-0.25, -0.2) is 0 Å². The molecule has 5 heteroatoms. The second kappa shape index (κ2) is 12.8. The Hall–Kier alpha value is -6.98. The molecule has 9 aromatic rings. The SMILES string of the molecule is Cc1ccc(N2c3cc(C)ccc3B3c4ccc(C)cc4N(c4ccc(C)cc4)c4cc(N(c5ccccc5)c5cccc6c5oc5ccccc56)cc2c43)cc1. The zero-order valence-electron chi connectivity index (χ0n) is 32.5. The van der Waals surface area contributed by atoms with Gasteiger partial charge < -0.3 is 19.1 Å². The van der Waals surface area contributed by atoms with Gasteiger partial charge in [-0.3, -0.25) is 0 Å². The minimum absolute atomic E-state index is 0.0302. The van der Waals surface area contributed by atoms with Gasteiger partial charge in [-0.15, -0.1) is 0 Å². The number of aryl methyl sites for hydroxylation is 4. The first-order valence-corrected chi connectivity index (χ1v) is 19.8. The summed E-state index contributed by atoms with van der Waals surface area (Å²) in [6.07, 6.45) is 0. The number of nitrogens with zero attached hydrogens (tertiary/aromatic N) is 3. The summed E-state index contributed by atoms with van der Waals surface area (Å²) in [5.41, 5.74) is 20.7. The zero-order valence-corrected chi connectivity index (χ0v) is 32.5. The molecule has 0 N–H and O–H groups in total. The fraction of sp³-hybridized carbons (Fsp3) is 0.0769. The molecule has 0 unspecified atom stereocenters. The predicted molar refractivity (Wildman–Crippen MR) is 241 cm³/mol. The lowest BCUT2D eigenvalue weighted by molar-refractivity contribution is 0.669. The summed E-state index contributed by atoms with van der Waals surface area (Å²) >= 11 is 0. The summed E-state index contributed by atoms with van der Waals surface area (Å²) in [6, 6.07) is 62.4. The average Bonchev–Trinajstić information content (AvgIpc) is 3.62. The van der Waals surface area contributed by atoms with Crippen LogP contribution in [-0.2, 0) is 0 Å². The molecule has 8 aromatic carbocycles. The number of furan rings is 1. The van der Waals surface area contributed by atoms with Gasteiger partial charge in [0.1, 0.15) is 5.58 Å². The molecular formula is C52H40BN3O. The van der Waals surface area contributed by atoms with E-state index in [1.807, 2.05) is 6.07 Å². The van der Waals surface area contributed by atoms with Gasteiger partial charge in [-0.05, 0) is 128 Å². The Morgan fingerprint density at radius 3 is 1.56 bits per heavy atom. The Balaban J connectivity index is 1.28. The number of rotatable bonds is 5. The molecule has 272 valence electrons. The first-order chi connectivity index (χ1) is 27.9. The lowest BCUT2D eigenvalue weighted by Gasteiger charge is -2.45. The van der Waals surface area contributed by atoms with Crippen LogP contribution in [0.1, 0.15) is 22.3 Å². The molecule has 4 nitrogen and oxygen atoms in total. The highest BCUT2D eigenvalue weighted by Gasteiger charge is 2.44. The molecule has 0 saturated heterocycles. The van der Waals surface area contributed by atoms with Crippen LogP contribution in [0.15, 0.2) is 174 Å². The van der Waals surface area contributed by atoms with E-state index < -0.39 is 0 Å². The summed E-state index contributed by atoms with van der Waals surface area (Å²) in [6.45, 7) is 8.75. The lowest BCUT2D eigenvalue weighted by atomic mass is 9.33. The summed E-state index contributed by atoms with van der Waals surface area (Å²) in [5.74, 6) is 0. The number of hydrogen-bond donors (Lipinski definition) is 0. The van der Waals surface area contributed by atoms with Crippen LogP contribution in [0.5, 0.6) is 0 Å². The molecule has 2 aliphatic rings. The Bertz CT molecular complexity index is 2900. The predicted octanol–water partition coefficient (Wildman–Crippen LogP) is 12.4. The smallest absolute Gasteiger partial charge is 0.252 e. The topological polar surface area (TPSA) is 22.9 Å². The Morgan fingerprint density at radius 1 is 0.439 bits per heavy atom. The Kier molecular flexibility index (Phi) is 7.49. The lowest BCUT2D eigenvalue weighted by Crippen LogP contribution is -2.61. The third-order valence-electron chi connectivity index (χ3n) is 11.8. The van der Waals surface area contributed by atoms with Crippen molar-refractivity contribution in [2.75, 3.05) is 14.7 Å². The molecular weight excluding hydrogens is 693 g/mol. The largest absolute Gasteiger partial charge is 0.454 e. The van der Waals surface area contributed by atoms with Crippen LogP contribution < -0.4 is 31.1 Å². The van der Waals surface area contributed by atoms with Gasteiger partial charge in [0, 0.05) is 50.6 Å². The highest BCUT2D eigenvalue weighted by atomic mass is 16.3. The van der Waals surface area contributed by atoms with Crippen molar-refractivity contribution < 1.29 is 4.42 Å². The number of fused-ring (bicyclic) bond motifs is 7. The zero-order chi connectivity index (χ0) is 38.4. The van der Waals surface area contributed by atoms with E-state index in [0.717, 1.165) is 61.8 Å². The van der Waals surface area contributed by atoms with Crippen LogP contribution in [0.3, 0.4) is 0 Å². The molecule has 57 heavy (non-hydrogen) atoms. The molecule has 0 aliphatic carbocycles. The maximum absolute atomic E-state index is 6.77. The van der Waals surface area contributed by atoms with Crippen LogP contribution in [0, 0.1) is 27.7 Å². The first-order valence-electron chi connectivity index (χ1n) is 19.8. The van der Waals surface area contributed by atoms with Crippen molar-refractivity contribution in [3.05, 3.63) is 192 Å². The van der Waals surface area contributed by atoms with E-state index in [0.29, 0.717) is 0 Å². The fourth-order valence-corrected chi connectivity index (χ4v) is 9.18.